The van der Waals surface area contributed by atoms with E-state index < -0.39 is 5.97 Å². The van der Waals surface area contributed by atoms with Gasteiger partial charge in [-0.2, -0.15) is 0 Å². The van der Waals surface area contributed by atoms with Crippen LogP contribution in [-0.2, 0) is 9.53 Å². The molecule has 0 unspecified atom stereocenters. The Morgan fingerprint density at radius 1 is 1.04 bits per heavy atom. The lowest BCUT2D eigenvalue weighted by Gasteiger charge is -2.15. The van der Waals surface area contributed by atoms with Gasteiger partial charge >= 0.3 is 5.97 Å². The van der Waals surface area contributed by atoms with E-state index in [-0.39, 0.29) is 12.2 Å². The zero-order valence-electron chi connectivity index (χ0n) is 14.2. The number of rotatable bonds is 5. The summed E-state index contributed by atoms with van der Waals surface area (Å²) in [6.07, 6.45) is 5.64. The molecule has 3 heteroatoms. The van der Waals surface area contributed by atoms with Crippen LogP contribution >= 0.6 is 0 Å². The van der Waals surface area contributed by atoms with Gasteiger partial charge in [0.15, 0.2) is 0 Å². The Kier molecular flexibility index (Phi) is 5.81. The molecule has 0 saturated heterocycles. The van der Waals surface area contributed by atoms with E-state index in [1.54, 1.807) is 6.92 Å². The molecule has 0 aromatic heterocycles. The van der Waals surface area contributed by atoms with Gasteiger partial charge in [0, 0.05) is 25.4 Å². The maximum absolute atomic E-state index is 12.3. The Morgan fingerprint density at radius 3 is 2.12 bits per heavy atom. The molecule has 0 aliphatic heterocycles. The van der Waals surface area contributed by atoms with Crippen LogP contribution in [-0.4, -0.2) is 26.7 Å². The molecular formula is C21H21NO2. The van der Waals surface area contributed by atoms with E-state index >= 15 is 0 Å². The summed E-state index contributed by atoms with van der Waals surface area (Å²) < 4.78 is 5.13. The quantitative estimate of drug-likeness (QED) is 0.477. The van der Waals surface area contributed by atoms with Gasteiger partial charge in [-0.05, 0) is 30.2 Å². The Labute approximate surface area is 143 Å². The number of hydrogen-bond donors (Lipinski definition) is 0. The van der Waals surface area contributed by atoms with E-state index in [1.807, 2.05) is 73.6 Å². The number of esters is 1. The summed E-state index contributed by atoms with van der Waals surface area (Å²) in [4.78, 5) is 14.3. The summed E-state index contributed by atoms with van der Waals surface area (Å²) in [5.41, 5.74) is 3.79. The normalized spacial score (nSPS) is 11.2. The lowest BCUT2D eigenvalue weighted by molar-refractivity contribution is -0.137. The highest BCUT2D eigenvalue weighted by atomic mass is 16.5. The van der Waals surface area contributed by atoms with Gasteiger partial charge in [0.2, 0.25) is 0 Å². The molecule has 2 rings (SSSR count). The van der Waals surface area contributed by atoms with Crippen LogP contribution < -0.4 is 4.90 Å². The van der Waals surface area contributed by atoms with Crippen molar-refractivity contribution in [3.05, 3.63) is 71.3 Å². The molecule has 2 aromatic rings. The van der Waals surface area contributed by atoms with Crippen LogP contribution in [0.1, 0.15) is 18.1 Å². The van der Waals surface area contributed by atoms with E-state index in [2.05, 4.69) is 5.92 Å². The first-order chi connectivity index (χ1) is 11.6. The zero-order valence-corrected chi connectivity index (χ0v) is 14.2. The van der Waals surface area contributed by atoms with Crippen molar-refractivity contribution in [2.45, 2.75) is 6.92 Å². The summed E-state index contributed by atoms with van der Waals surface area (Å²) in [5.74, 6) is 2.04. The fourth-order valence-corrected chi connectivity index (χ4v) is 2.42. The summed E-state index contributed by atoms with van der Waals surface area (Å²) in [6, 6.07) is 17.6. The molecular weight excluding hydrogens is 298 g/mol. The average Bonchev–Trinajstić information content (AvgIpc) is 2.60. The first-order valence-electron chi connectivity index (χ1n) is 7.79. The summed E-state index contributed by atoms with van der Waals surface area (Å²) >= 11 is 0. The minimum absolute atomic E-state index is 0.237. The Morgan fingerprint density at radius 2 is 1.62 bits per heavy atom. The molecule has 0 aliphatic carbocycles. The fourth-order valence-electron chi connectivity index (χ4n) is 2.42. The van der Waals surface area contributed by atoms with Crippen molar-refractivity contribution in [2.75, 3.05) is 25.6 Å². The first kappa shape index (κ1) is 17.4. The molecule has 0 N–H and O–H groups in total. The molecule has 0 amide bonds. The van der Waals surface area contributed by atoms with Crippen molar-refractivity contribution in [3.63, 3.8) is 0 Å². The molecule has 24 heavy (non-hydrogen) atoms. The van der Waals surface area contributed by atoms with Gasteiger partial charge < -0.3 is 9.64 Å². The number of terminal acetylenes is 1. The Bertz CT molecular complexity index is 766. The largest absolute Gasteiger partial charge is 0.462 e. The average molecular weight is 319 g/mol. The molecule has 2 aromatic carbocycles. The number of hydrogen-bond acceptors (Lipinski definition) is 3. The number of benzene rings is 2. The van der Waals surface area contributed by atoms with Crippen molar-refractivity contribution in [3.8, 4) is 12.3 Å². The van der Waals surface area contributed by atoms with Crippen LogP contribution in [0, 0.1) is 12.3 Å². The summed E-state index contributed by atoms with van der Waals surface area (Å²) in [5, 5.41) is 0. The van der Waals surface area contributed by atoms with Crippen molar-refractivity contribution in [1.29, 1.82) is 0 Å². The van der Waals surface area contributed by atoms with Gasteiger partial charge in [-0.15, -0.1) is 6.42 Å². The highest BCUT2D eigenvalue weighted by Crippen LogP contribution is 2.29. The zero-order chi connectivity index (χ0) is 17.5. The van der Waals surface area contributed by atoms with Crippen molar-refractivity contribution in [1.82, 2.24) is 0 Å². The SMILES string of the molecule is C#CC(C(=O)OCC)=C(c1ccccc1)c1ccc(N(C)C)cc1. The molecule has 0 atom stereocenters. The summed E-state index contributed by atoms with van der Waals surface area (Å²) in [6.45, 7) is 2.05. The highest BCUT2D eigenvalue weighted by Gasteiger charge is 2.18. The van der Waals surface area contributed by atoms with E-state index in [0.717, 1.165) is 16.8 Å². The first-order valence-corrected chi connectivity index (χ1v) is 7.79. The molecule has 0 saturated carbocycles. The lowest BCUT2D eigenvalue weighted by Crippen LogP contribution is -2.10. The number of carbonyl (C=O) groups is 1. The van der Waals surface area contributed by atoms with Crippen LogP contribution in [0.2, 0.25) is 0 Å². The fraction of sp³-hybridized carbons (Fsp3) is 0.190. The predicted molar refractivity (Wildman–Crippen MR) is 98.7 cm³/mol. The van der Waals surface area contributed by atoms with Gasteiger partial charge in [0.25, 0.3) is 0 Å². The van der Waals surface area contributed by atoms with Crippen LogP contribution in [0.3, 0.4) is 0 Å². The summed E-state index contributed by atoms with van der Waals surface area (Å²) in [7, 11) is 3.96. The maximum Gasteiger partial charge on any atom is 0.347 e. The van der Waals surface area contributed by atoms with E-state index in [4.69, 9.17) is 11.2 Å². The van der Waals surface area contributed by atoms with Gasteiger partial charge in [0.05, 0.1) is 6.61 Å². The molecule has 0 aliphatic rings. The van der Waals surface area contributed by atoms with Crippen LogP contribution in [0.25, 0.3) is 5.57 Å². The van der Waals surface area contributed by atoms with Crippen LogP contribution in [0.4, 0.5) is 5.69 Å². The van der Waals surface area contributed by atoms with Crippen LogP contribution in [0.5, 0.6) is 0 Å². The minimum Gasteiger partial charge on any atom is -0.462 e. The number of anilines is 1. The molecule has 0 spiro atoms. The van der Waals surface area contributed by atoms with Gasteiger partial charge in [-0.25, -0.2) is 4.79 Å². The second kappa shape index (κ2) is 8.03. The molecule has 0 fully saturated rings. The molecule has 0 bridgehead atoms. The molecule has 122 valence electrons. The Hall–Kier alpha value is -2.99. The van der Waals surface area contributed by atoms with E-state index in [1.165, 1.54) is 0 Å². The lowest BCUT2D eigenvalue weighted by atomic mass is 9.93. The smallest absolute Gasteiger partial charge is 0.347 e. The third-order valence-electron chi connectivity index (χ3n) is 3.61. The third-order valence-corrected chi connectivity index (χ3v) is 3.61. The van der Waals surface area contributed by atoms with Crippen LogP contribution in [0.15, 0.2) is 60.2 Å². The van der Waals surface area contributed by atoms with Gasteiger partial charge in [-0.1, -0.05) is 48.4 Å². The number of carbonyl (C=O) groups excluding carboxylic acids is 1. The van der Waals surface area contributed by atoms with Crippen molar-refractivity contribution < 1.29 is 9.53 Å². The topological polar surface area (TPSA) is 29.5 Å². The van der Waals surface area contributed by atoms with Gasteiger partial charge in [0.1, 0.15) is 5.57 Å². The monoisotopic (exact) mass is 319 g/mol. The minimum atomic E-state index is -0.476. The standard InChI is InChI=1S/C21H21NO2/c1-5-19(21(23)24-6-2)20(16-10-8-7-9-11-16)17-12-14-18(15-13-17)22(3)4/h1,7-15H,6H2,2-4H3. The predicted octanol–water partition coefficient (Wildman–Crippen LogP) is 3.75. The van der Waals surface area contributed by atoms with E-state index in [9.17, 15) is 4.79 Å². The molecule has 0 heterocycles. The number of ether oxygens (including phenoxy) is 1. The van der Waals surface area contributed by atoms with Crippen molar-refractivity contribution >= 4 is 17.2 Å². The second-order valence-electron chi connectivity index (χ2n) is 5.42. The maximum atomic E-state index is 12.3. The Balaban J connectivity index is 2.63. The van der Waals surface area contributed by atoms with E-state index in [0.29, 0.717) is 5.57 Å². The molecule has 3 nitrogen and oxygen atoms in total. The third kappa shape index (κ3) is 3.85. The highest BCUT2D eigenvalue weighted by molar-refractivity contribution is 6.05. The number of nitrogens with zero attached hydrogens (tertiary/aromatic N) is 1. The second-order valence-corrected chi connectivity index (χ2v) is 5.42. The van der Waals surface area contributed by atoms with Crippen molar-refractivity contribution in [2.24, 2.45) is 0 Å². The molecule has 0 radical (unpaired) electrons. The van der Waals surface area contributed by atoms with Gasteiger partial charge in [-0.3, -0.25) is 0 Å².